The van der Waals surface area contributed by atoms with Gasteiger partial charge in [0.15, 0.2) is 0 Å². The van der Waals surface area contributed by atoms with Crippen LogP contribution >= 0.6 is 0 Å². The van der Waals surface area contributed by atoms with E-state index in [1.807, 2.05) is 0 Å². The second kappa shape index (κ2) is 8.52. The van der Waals surface area contributed by atoms with E-state index in [1.165, 1.54) is 0 Å². The van der Waals surface area contributed by atoms with Crippen molar-refractivity contribution in [3.05, 3.63) is 83.9 Å². The van der Waals surface area contributed by atoms with Crippen LogP contribution in [0.15, 0.2) is 72.8 Å². The fraction of sp³-hybridized carbons (Fsp3) is 0.500. The van der Waals surface area contributed by atoms with Gasteiger partial charge in [-0.2, -0.15) is 0 Å². The van der Waals surface area contributed by atoms with Gasteiger partial charge >= 0.3 is 0 Å². The number of ether oxygens (including phenoxy) is 2. The number of benzene rings is 2. The third kappa shape index (κ3) is 4.15. The third-order valence-electron chi connectivity index (χ3n) is 8.26. The summed E-state index contributed by atoms with van der Waals surface area (Å²) in [6.07, 6.45) is -1.79. The van der Waals surface area contributed by atoms with Gasteiger partial charge in [-0.3, -0.25) is 0 Å². The number of allylic oxidation sites excluding steroid dienone is 2. The maximum Gasteiger partial charge on any atom is 0.280 e. The predicted molar refractivity (Wildman–Crippen MR) is 120 cm³/mol. The summed E-state index contributed by atoms with van der Waals surface area (Å²) in [6, 6.07) is 16.8. The van der Waals surface area contributed by atoms with E-state index in [-0.39, 0.29) is 13.2 Å². The zero-order valence-corrected chi connectivity index (χ0v) is 19.8. The fourth-order valence-electron chi connectivity index (χ4n) is 5.86. The topological polar surface area (TPSA) is 18.5 Å². The molecular formula is C28H24F8O2. The van der Waals surface area contributed by atoms with Gasteiger partial charge in [0.1, 0.15) is 12.2 Å². The standard InChI is InChI=1S/C28H24F8O2/c29-25(30)17(19(25)21-23(27(21,33)34)37-13-15-7-3-1-4-8-15)11-12-18-20(26(18,31)32)22-24(28(22,35)36)38-14-16-9-5-2-6-10-16/h1-12,17-24H,13-14H2/b12-11+/t17-,18-,19+,20+,21+,22+,23-,24-/m0/s1. The number of alkyl halides is 8. The van der Waals surface area contributed by atoms with Crippen LogP contribution in [0.4, 0.5) is 35.1 Å². The third-order valence-corrected chi connectivity index (χ3v) is 8.26. The summed E-state index contributed by atoms with van der Waals surface area (Å²) in [6.45, 7) is -0.342. The molecule has 2 aromatic rings. The lowest BCUT2D eigenvalue weighted by Gasteiger charge is -2.02. The molecule has 0 heterocycles. The predicted octanol–water partition coefficient (Wildman–Crippen LogP) is 7.01. The first-order valence-corrected chi connectivity index (χ1v) is 12.4. The Labute approximate surface area is 213 Å². The summed E-state index contributed by atoms with van der Waals surface area (Å²) in [5, 5.41) is 0. The van der Waals surface area contributed by atoms with Crippen molar-refractivity contribution in [2.75, 3.05) is 0 Å². The van der Waals surface area contributed by atoms with Crippen LogP contribution < -0.4 is 0 Å². The highest BCUT2D eigenvalue weighted by atomic mass is 19.3. The van der Waals surface area contributed by atoms with Crippen molar-refractivity contribution in [3.63, 3.8) is 0 Å². The van der Waals surface area contributed by atoms with Crippen molar-refractivity contribution >= 4 is 0 Å². The molecule has 0 unspecified atom stereocenters. The van der Waals surface area contributed by atoms with Gasteiger partial charge in [0.2, 0.25) is 0 Å². The Kier molecular flexibility index (Phi) is 5.78. The molecule has 0 N–H and O–H groups in total. The zero-order valence-electron chi connectivity index (χ0n) is 19.8. The van der Waals surface area contributed by atoms with E-state index in [9.17, 15) is 35.1 Å². The van der Waals surface area contributed by atoms with E-state index in [0.717, 1.165) is 12.2 Å². The molecule has 0 amide bonds. The molecule has 0 bridgehead atoms. The zero-order chi connectivity index (χ0) is 27.1. The molecule has 0 saturated heterocycles. The molecule has 4 aliphatic rings. The minimum atomic E-state index is -3.51. The molecule has 0 aromatic heterocycles. The first-order chi connectivity index (χ1) is 17.9. The second-order valence-corrected chi connectivity index (χ2v) is 10.7. The maximum absolute atomic E-state index is 14.4. The van der Waals surface area contributed by atoms with Gasteiger partial charge in [0, 0.05) is 11.8 Å². The molecule has 6 rings (SSSR count). The number of rotatable bonds is 10. The average Bonchev–Trinajstić information content (AvgIpc) is 3.81. The first-order valence-electron chi connectivity index (χ1n) is 12.4. The van der Waals surface area contributed by atoms with E-state index in [2.05, 4.69) is 0 Å². The molecule has 2 nitrogen and oxygen atoms in total. The summed E-state index contributed by atoms with van der Waals surface area (Å²) in [5.41, 5.74) is 1.22. The quantitative estimate of drug-likeness (QED) is 0.237. The van der Waals surface area contributed by atoms with Crippen molar-refractivity contribution in [1.82, 2.24) is 0 Å². The van der Waals surface area contributed by atoms with E-state index < -0.39 is 71.4 Å². The molecule has 0 aliphatic heterocycles. The Morgan fingerprint density at radius 3 is 1.18 bits per heavy atom. The highest BCUT2D eigenvalue weighted by molar-refractivity contribution is 5.31. The Morgan fingerprint density at radius 2 is 0.842 bits per heavy atom. The van der Waals surface area contributed by atoms with E-state index in [0.29, 0.717) is 11.1 Å². The van der Waals surface area contributed by atoms with Gasteiger partial charge in [-0.05, 0) is 11.1 Å². The normalized spacial score (nSPS) is 38.6. The Balaban J connectivity index is 1.07. The molecule has 2 aromatic carbocycles. The van der Waals surface area contributed by atoms with Crippen LogP contribution in [0.1, 0.15) is 11.1 Å². The summed E-state index contributed by atoms with van der Waals surface area (Å²) in [4.78, 5) is 0. The number of halogens is 8. The van der Waals surface area contributed by atoms with Gasteiger partial charge < -0.3 is 9.47 Å². The van der Waals surface area contributed by atoms with Crippen molar-refractivity contribution in [2.45, 2.75) is 49.1 Å². The molecule has 0 radical (unpaired) electrons. The van der Waals surface area contributed by atoms with Crippen LogP contribution in [0.5, 0.6) is 0 Å². The average molecular weight is 544 g/mol. The fourth-order valence-corrected chi connectivity index (χ4v) is 5.86. The van der Waals surface area contributed by atoms with Crippen molar-refractivity contribution in [2.24, 2.45) is 35.5 Å². The summed E-state index contributed by atoms with van der Waals surface area (Å²) in [7, 11) is 0. The van der Waals surface area contributed by atoms with Crippen molar-refractivity contribution < 1.29 is 44.6 Å². The molecule has 4 aliphatic carbocycles. The van der Waals surface area contributed by atoms with Crippen LogP contribution in [-0.2, 0) is 22.7 Å². The van der Waals surface area contributed by atoms with Crippen LogP contribution in [0.3, 0.4) is 0 Å². The second-order valence-electron chi connectivity index (χ2n) is 10.7. The molecule has 204 valence electrons. The summed E-state index contributed by atoms with van der Waals surface area (Å²) < 4.78 is 125. The van der Waals surface area contributed by atoms with Gasteiger partial charge in [0.25, 0.3) is 23.7 Å². The molecule has 8 atom stereocenters. The van der Waals surface area contributed by atoms with E-state index >= 15 is 0 Å². The molecule has 10 heteroatoms. The van der Waals surface area contributed by atoms with Crippen LogP contribution in [0, 0.1) is 35.5 Å². The molecule has 0 spiro atoms. The highest BCUT2D eigenvalue weighted by Crippen LogP contribution is 2.73. The van der Waals surface area contributed by atoms with Crippen LogP contribution in [0.2, 0.25) is 0 Å². The molecule has 38 heavy (non-hydrogen) atoms. The van der Waals surface area contributed by atoms with Gasteiger partial charge in [0.05, 0.1) is 36.9 Å². The van der Waals surface area contributed by atoms with Crippen LogP contribution in [0.25, 0.3) is 0 Å². The minimum absolute atomic E-state index is 0.171. The monoisotopic (exact) mass is 544 g/mol. The minimum Gasteiger partial charge on any atom is -0.367 e. The first kappa shape index (κ1) is 25.8. The number of hydrogen-bond donors (Lipinski definition) is 0. The lowest BCUT2D eigenvalue weighted by atomic mass is 10.1. The van der Waals surface area contributed by atoms with Gasteiger partial charge in [-0.15, -0.1) is 0 Å². The smallest absolute Gasteiger partial charge is 0.280 e. The van der Waals surface area contributed by atoms with Gasteiger partial charge in [-0.25, -0.2) is 35.1 Å². The largest absolute Gasteiger partial charge is 0.367 e. The lowest BCUT2D eigenvalue weighted by molar-refractivity contribution is 0.00487. The lowest BCUT2D eigenvalue weighted by Crippen LogP contribution is -2.03. The van der Waals surface area contributed by atoms with E-state index in [1.54, 1.807) is 60.7 Å². The van der Waals surface area contributed by atoms with Crippen molar-refractivity contribution in [3.8, 4) is 0 Å². The van der Waals surface area contributed by atoms with Crippen LogP contribution in [-0.4, -0.2) is 35.9 Å². The maximum atomic E-state index is 14.4. The molecule has 4 fully saturated rings. The number of hydrogen-bond acceptors (Lipinski definition) is 2. The highest BCUT2D eigenvalue weighted by Gasteiger charge is 2.86. The summed E-state index contributed by atoms with van der Waals surface area (Å²) in [5.74, 6) is -24.3. The van der Waals surface area contributed by atoms with E-state index in [4.69, 9.17) is 9.47 Å². The van der Waals surface area contributed by atoms with Gasteiger partial charge in [-0.1, -0.05) is 72.8 Å². The SMILES string of the molecule is FC1(F)[C@@H]([C@@H]2[C@H](OCc3ccccc3)C2(F)F)[C@@H]1/C=C/[C@H]1[C@H]([C@@H]2[C@H](OCc3ccccc3)C2(F)F)C1(F)F. The van der Waals surface area contributed by atoms with Crippen molar-refractivity contribution in [1.29, 1.82) is 0 Å². The Hall–Kier alpha value is -2.46. The Bertz CT molecular complexity index is 1110. The summed E-state index contributed by atoms with van der Waals surface area (Å²) >= 11 is 0. The molecule has 4 saturated carbocycles. The Morgan fingerprint density at radius 1 is 0.500 bits per heavy atom. The molecular weight excluding hydrogens is 520 g/mol.